The second-order valence-electron chi connectivity index (χ2n) is 18.2. The Morgan fingerprint density at radius 2 is 1.38 bits per heavy atom. The first-order valence-electron chi connectivity index (χ1n) is 24.1. The average Bonchev–Trinajstić information content (AvgIpc) is 3.99. The number of carbonyl (C=O) groups is 10. The molecule has 1 fully saturated rings. The van der Waals surface area contributed by atoms with Gasteiger partial charge < -0.3 is 85.4 Å². The van der Waals surface area contributed by atoms with Crippen LogP contribution in [0, 0.1) is 5.92 Å². The molecule has 2 aromatic rings. The normalized spacial score (nSPS) is 16.1. The highest BCUT2D eigenvalue weighted by atomic mass is 16.4. The Labute approximate surface area is 421 Å². The van der Waals surface area contributed by atoms with Crippen LogP contribution in [0.2, 0.25) is 0 Å². The molecule has 2 heterocycles. The average molecular weight is 1030 g/mol. The molecule has 1 aromatic heterocycles. The summed E-state index contributed by atoms with van der Waals surface area (Å²) >= 11 is 0. The van der Waals surface area contributed by atoms with Gasteiger partial charge in [0.2, 0.25) is 47.3 Å². The van der Waals surface area contributed by atoms with Gasteiger partial charge in [-0.1, -0.05) is 32.0 Å². The number of benzene rings is 1. The SMILES string of the molecule is CC(C)C[C@H](NC(=O)CNC(=O)CNC(=O)[C@H](CCCN=C(N)N)NC(=O)[C@@H](N)CC(=O)O)C(=O)N[C@@H](Cc1c[nH]c2ccccc12)C(=O)N[C@@H](CCCCN)C(=O)N[C@H](C(=O)N1CCC[C@H]1C(=O)O)[C@@H](C)O. The van der Waals surface area contributed by atoms with Gasteiger partial charge in [-0.25, -0.2) is 4.79 Å². The lowest BCUT2D eigenvalue weighted by Gasteiger charge is -2.30. The number of aliphatic carboxylic acids is 2. The Kier molecular flexibility index (Phi) is 24.5. The van der Waals surface area contributed by atoms with Gasteiger partial charge in [0.15, 0.2) is 5.96 Å². The van der Waals surface area contributed by atoms with E-state index in [1.54, 1.807) is 38.2 Å². The molecule has 27 heteroatoms. The number of unbranched alkanes of at least 4 members (excludes halogenated alkanes) is 1. The minimum absolute atomic E-state index is 0.0211. The summed E-state index contributed by atoms with van der Waals surface area (Å²) in [6.45, 7) is 3.93. The topological polar surface area (TPSA) is 451 Å². The van der Waals surface area contributed by atoms with Crippen LogP contribution in [0.3, 0.4) is 0 Å². The standard InChI is InChI=1S/C46H72N14O13/c1-24(2)18-32(55-36(63)23-53-35(62)22-54-40(67)30(13-8-16-51-46(49)50)56-39(66)28(48)20-37(64)65)42(69)58-33(19-26-21-52-29-11-5-4-10-27(26)29)43(70)57-31(12-6-7-15-47)41(68)59-38(25(3)61)44(71)60-17-9-14-34(60)45(72)73/h4-5,10-11,21,24-25,28,30-34,38,52,61H,6-9,12-20,22-23,47-48H2,1-3H3,(H,53,62)(H,54,67)(H,55,63)(H,56,66)(H,57,70)(H,58,69)(H,59,68)(H,64,65)(H,72,73)(H4,49,50,51)/t25-,28+,30+,31+,32+,33+,34+,38+/m1/s1. The molecule has 8 atom stereocenters. The number of amides is 8. The molecular weight excluding hydrogens is 957 g/mol. The number of likely N-dealkylation sites (tertiary alicyclic amines) is 1. The van der Waals surface area contributed by atoms with E-state index >= 15 is 0 Å². The fraction of sp³-hybridized carbons (Fsp3) is 0.587. The third-order valence-corrected chi connectivity index (χ3v) is 11.7. The maximum atomic E-state index is 14.4. The van der Waals surface area contributed by atoms with Gasteiger partial charge in [-0.15, -0.1) is 0 Å². The Hall–Kier alpha value is -7.39. The summed E-state index contributed by atoms with van der Waals surface area (Å²) in [6, 6.07) is -2.23. The first kappa shape index (κ1) is 59.9. The minimum Gasteiger partial charge on any atom is -0.481 e. The number of rotatable bonds is 31. The lowest BCUT2D eigenvalue weighted by Crippen LogP contribution is -2.61. The maximum Gasteiger partial charge on any atom is 0.326 e. The molecule has 0 saturated carbocycles. The van der Waals surface area contributed by atoms with E-state index in [0.29, 0.717) is 24.8 Å². The van der Waals surface area contributed by atoms with Crippen molar-refractivity contribution in [2.24, 2.45) is 33.8 Å². The van der Waals surface area contributed by atoms with Crippen molar-refractivity contribution < 1.29 is 63.3 Å². The number of carboxylic acids is 2. The fourth-order valence-electron chi connectivity index (χ4n) is 7.96. The largest absolute Gasteiger partial charge is 0.481 e. The van der Waals surface area contributed by atoms with Crippen molar-refractivity contribution in [3.05, 3.63) is 36.0 Å². The third-order valence-electron chi connectivity index (χ3n) is 11.7. The van der Waals surface area contributed by atoms with Crippen LogP contribution in [0.15, 0.2) is 35.5 Å². The lowest BCUT2D eigenvalue weighted by atomic mass is 10.00. The van der Waals surface area contributed by atoms with Crippen molar-refractivity contribution >= 4 is 76.1 Å². The summed E-state index contributed by atoms with van der Waals surface area (Å²) in [5, 5.41) is 47.6. The van der Waals surface area contributed by atoms with Gasteiger partial charge in [0.05, 0.1) is 31.7 Å². The highest BCUT2D eigenvalue weighted by Gasteiger charge is 2.40. The number of nitrogens with zero attached hydrogens (tertiary/aromatic N) is 2. The molecule has 0 bridgehead atoms. The second-order valence-corrected chi connectivity index (χ2v) is 18.2. The van der Waals surface area contributed by atoms with Gasteiger partial charge in [0.25, 0.3) is 0 Å². The van der Waals surface area contributed by atoms with Crippen LogP contribution < -0.4 is 60.2 Å². The Bertz CT molecular complexity index is 2280. The number of hydrogen-bond donors (Lipinski definition) is 15. The molecule has 27 nitrogen and oxygen atoms in total. The monoisotopic (exact) mass is 1030 g/mol. The molecule has 0 unspecified atom stereocenters. The predicted molar refractivity (Wildman–Crippen MR) is 264 cm³/mol. The highest BCUT2D eigenvalue weighted by molar-refractivity contribution is 5.98. The van der Waals surface area contributed by atoms with Crippen molar-refractivity contribution in [3.8, 4) is 0 Å². The van der Waals surface area contributed by atoms with E-state index in [2.05, 4.69) is 47.2 Å². The fourth-order valence-corrected chi connectivity index (χ4v) is 7.96. The molecule has 3 rings (SSSR count). The number of fused-ring (bicyclic) bond motifs is 1. The zero-order valence-electron chi connectivity index (χ0n) is 41.3. The Balaban J connectivity index is 1.78. The zero-order chi connectivity index (χ0) is 54.4. The molecule has 8 amide bonds. The Morgan fingerprint density at radius 3 is 2.03 bits per heavy atom. The van der Waals surface area contributed by atoms with Crippen molar-refractivity contribution in [3.63, 3.8) is 0 Å². The number of aliphatic hydroxyl groups is 1. The summed E-state index contributed by atoms with van der Waals surface area (Å²) in [6.07, 6.45) is 0.996. The smallest absolute Gasteiger partial charge is 0.326 e. The summed E-state index contributed by atoms with van der Waals surface area (Å²) in [5.41, 5.74) is 23.4. The molecule has 1 aliphatic heterocycles. The quantitative estimate of drug-likeness (QED) is 0.0194. The van der Waals surface area contributed by atoms with E-state index in [1.165, 1.54) is 6.92 Å². The number of aliphatic imine (C=N–C) groups is 1. The number of aromatic nitrogens is 1. The van der Waals surface area contributed by atoms with Crippen LogP contribution in [-0.2, 0) is 54.4 Å². The number of guanidine groups is 1. The van der Waals surface area contributed by atoms with E-state index in [-0.39, 0.29) is 70.0 Å². The molecule has 1 saturated heterocycles. The molecule has 1 aromatic carbocycles. The van der Waals surface area contributed by atoms with Crippen LogP contribution in [-0.4, -0.2) is 171 Å². The van der Waals surface area contributed by atoms with Crippen molar-refractivity contribution in [1.29, 1.82) is 0 Å². The number of para-hydroxylation sites is 1. The summed E-state index contributed by atoms with van der Waals surface area (Å²) in [5.74, 6) is -9.69. The number of H-pyrrole nitrogens is 1. The number of aromatic amines is 1. The van der Waals surface area contributed by atoms with Crippen LogP contribution in [0.5, 0.6) is 0 Å². The van der Waals surface area contributed by atoms with Crippen LogP contribution >= 0.6 is 0 Å². The van der Waals surface area contributed by atoms with Gasteiger partial charge in [0, 0.05) is 36.6 Å². The van der Waals surface area contributed by atoms with Gasteiger partial charge >= 0.3 is 11.9 Å². The number of aliphatic hydroxyl groups excluding tert-OH is 1. The minimum atomic E-state index is -1.56. The maximum absolute atomic E-state index is 14.4. The number of carbonyl (C=O) groups excluding carboxylic acids is 8. The van der Waals surface area contributed by atoms with Crippen LogP contribution in [0.4, 0.5) is 0 Å². The van der Waals surface area contributed by atoms with Crippen molar-refractivity contribution in [2.45, 2.75) is 133 Å². The molecule has 404 valence electrons. The number of nitrogens with one attached hydrogen (secondary N) is 8. The summed E-state index contributed by atoms with van der Waals surface area (Å²) in [4.78, 5) is 139. The van der Waals surface area contributed by atoms with Gasteiger partial charge in [-0.2, -0.15) is 0 Å². The lowest BCUT2D eigenvalue weighted by molar-refractivity contribution is -0.150. The number of carboxylic acid groups (broad SMARTS) is 2. The molecule has 1 aliphatic rings. The van der Waals surface area contributed by atoms with Crippen molar-refractivity contribution in [1.82, 2.24) is 47.1 Å². The van der Waals surface area contributed by atoms with E-state index in [0.717, 1.165) is 15.8 Å². The Morgan fingerprint density at radius 1 is 0.767 bits per heavy atom. The molecular formula is C46H72N14O13. The second kappa shape index (κ2) is 29.8. The van der Waals surface area contributed by atoms with Crippen molar-refractivity contribution in [2.75, 3.05) is 32.7 Å². The summed E-state index contributed by atoms with van der Waals surface area (Å²) < 4.78 is 0. The van der Waals surface area contributed by atoms with Crippen LogP contribution in [0.25, 0.3) is 10.9 Å². The molecule has 0 aliphatic carbocycles. The van der Waals surface area contributed by atoms with Gasteiger partial charge in [0.1, 0.15) is 36.3 Å². The first-order valence-corrected chi connectivity index (χ1v) is 24.1. The highest BCUT2D eigenvalue weighted by Crippen LogP contribution is 2.21. The van der Waals surface area contributed by atoms with Gasteiger partial charge in [-0.3, -0.25) is 48.1 Å². The number of hydrogen-bond acceptors (Lipinski definition) is 14. The molecule has 19 N–H and O–H groups in total. The molecule has 0 radical (unpaired) electrons. The van der Waals surface area contributed by atoms with Crippen LogP contribution in [0.1, 0.15) is 84.1 Å². The van der Waals surface area contributed by atoms with E-state index in [4.69, 9.17) is 28.0 Å². The number of nitrogens with two attached hydrogens (primary N) is 4. The first-order chi connectivity index (χ1) is 34.5. The van der Waals surface area contributed by atoms with E-state index in [1.807, 2.05) is 6.07 Å². The van der Waals surface area contributed by atoms with E-state index < -0.39 is 127 Å². The van der Waals surface area contributed by atoms with Gasteiger partial charge in [-0.05, 0) is 82.4 Å². The third kappa shape index (κ3) is 20.0. The zero-order valence-corrected chi connectivity index (χ0v) is 41.3. The molecule has 0 spiro atoms. The predicted octanol–water partition coefficient (Wildman–Crippen LogP) is -4.15. The summed E-state index contributed by atoms with van der Waals surface area (Å²) in [7, 11) is 0. The molecule has 73 heavy (non-hydrogen) atoms. The van der Waals surface area contributed by atoms with E-state index in [9.17, 15) is 58.2 Å².